The van der Waals surface area contributed by atoms with E-state index in [1.54, 1.807) is 24.3 Å². The van der Waals surface area contributed by atoms with E-state index in [2.05, 4.69) is 11.8 Å². The summed E-state index contributed by atoms with van der Waals surface area (Å²) in [6.45, 7) is 2.93. The largest absolute Gasteiger partial charge is 0.353 e. The van der Waals surface area contributed by atoms with Gasteiger partial charge in [-0.05, 0) is 51.2 Å². The number of rotatable bonds is 6. The van der Waals surface area contributed by atoms with Gasteiger partial charge in [-0.15, -0.1) is 0 Å². The summed E-state index contributed by atoms with van der Waals surface area (Å²) in [5.74, 6) is 6.07. The quantitative estimate of drug-likeness (QED) is 0.663. The molecule has 0 amide bonds. The predicted octanol–water partition coefficient (Wildman–Crippen LogP) is 3.04. The highest BCUT2D eigenvalue weighted by atomic mass is 32.2. The van der Waals surface area contributed by atoms with E-state index in [0.29, 0.717) is 32.3 Å². The van der Waals surface area contributed by atoms with Gasteiger partial charge in [-0.1, -0.05) is 29.5 Å². The van der Waals surface area contributed by atoms with Crippen LogP contribution in [0.4, 0.5) is 0 Å². The van der Waals surface area contributed by atoms with Gasteiger partial charge in [0.2, 0.25) is 10.0 Å². The molecule has 1 aliphatic heterocycles. The molecule has 1 aromatic carbocycles. The number of sulfonamides is 1. The zero-order valence-electron chi connectivity index (χ0n) is 16.9. The zero-order chi connectivity index (χ0) is 20.7. The average molecular weight is 420 g/mol. The van der Waals surface area contributed by atoms with Crippen LogP contribution in [0.2, 0.25) is 0 Å². The van der Waals surface area contributed by atoms with Crippen LogP contribution in [-0.4, -0.2) is 50.6 Å². The topological polar surface area (TPSA) is 72.9 Å². The Kier molecular flexibility index (Phi) is 7.84. The maximum Gasteiger partial charge on any atom is 0.244 e. The first kappa shape index (κ1) is 22.0. The maximum absolute atomic E-state index is 13.3. The van der Waals surface area contributed by atoms with Crippen molar-refractivity contribution in [1.29, 1.82) is 0 Å². The van der Waals surface area contributed by atoms with Crippen molar-refractivity contribution < 1.29 is 22.7 Å². The summed E-state index contributed by atoms with van der Waals surface area (Å²) in [7, 11) is -3.69. The van der Waals surface area contributed by atoms with E-state index in [4.69, 9.17) is 9.47 Å². The van der Waals surface area contributed by atoms with Gasteiger partial charge < -0.3 is 9.47 Å². The summed E-state index contributed by atoms with van der Waals surface area (Å²) in [5, 5.41) is 0. The predicted molar refractivity (Wildman–Crippen MR) is 110 cm³/mol. The first-order valence-electron chi connectivity index (χ1n) is 10.3. The highest BCUT2D eigenvalue weighted by Gasteiger charge is 2.33. The Morgan fingerprint density at radius 1 is 1.10 bits per heavy atom. The minimum Gasteiger partial charge on any atom is -0.353 e. The molecular weight excluding hydrogens is 390 g/mol. The van der Waals surface area contributed by atoms with Gasteiger partial charge in [-0.2, -0.15) is 4.31 Å². The molecule has 2 aliphatic rings. The number of nitrogens with zero attached hydrogens (tertiary/aromatic N) is 1. The summed E-state index contributed by atoms with van der Waals surface area (Å²) in [6.07, 6.45) is 4.71. The molecule has 1 saturated carbocycles. The van der Waals surface area contributed by atoms with Gasteiger partial charge in [0.15, 0.2) is 6.29 Å². The van der Waals surface area contributed by atoms with Crippen LogP contribution in [0, 0.1) is 18.8 Å². The minimum atomic E-state index is -3.69. The Bertz CT molecular complexity index is 837. The van der Waals surface area contributed by atoms with Crippen LogP contribution < -0.4 is 0 Å². The van der Waals surface area contributed by atoms with E-state index in [9.17, 15) is 13.2 Å². The summed E-state index contributed by atoms with van der Waals surface area (Å²) in [5.41, 5.74) is 1.00. The molecule has 1 atom stereocenters. The summed E-state index contributed by atoms with van der Waals surface area (Å²) < 4.78 is 39.1. The molecule has 1 aliphatic carbocycles. The molecule has 0 radical (unpaired) electrons. The Morgan fingerprint density at radius 2 is 1.83 bits per heavy atom. The molecule has 1 heterocycles. The van der Waals surface area contributed by atoms with Crippen LogP contribution in [0.1, 0.15) is 50.5 Å². The summed E-state index contributed by atoms with van der Waals surface area (Å²) in [4.78, 5) is 11.9. The highest BCUT2D eigenvalue weighted by molar-refractivity contribution is 7.89. The Morgan fingerprint density at radius 3 is 2.48 bits per heavy atom. The number of ketones is 1. The molecule has 6 nitrogen and oxygen atoms in total. The van der Waals surface area contributed by atoms with Crippen LogP contribution in [-0.2, 0) is 24.3 Å². The van der Waals surface area contributed by atoms with Crippen molar-refractivity contribution in [1.82, 2.24) is 4.31 Å². The van der Waals surface area contributed by atoms with Crippen LogP contribution in [0.15, 0.2) is 29.2 Å². The maximum atomic E-state index is 13.3. The third kappa shape index (κ3) is 6.13. The van der Waals surface area contributed by atoms with Gasteiger partial charge in [0.05, 0.1) is 11.4 Å². The number of hydrogen-bond donors (Lipinski definition) is 0. The summed E-state index contributed by atoms with van der Waals surface area (Å²) >= 11 is 0. The fourth-order valence-electron chi connectivity index (χ4n) is 3.63. The second kappa shape index (κ2) is 10.4. The van der Waals surface area contributed by atoms with Crippen molar-refractivity contribution >= 4 is 15.8 Å². The average Bonchev–Trinajstić information content (AvgIpc) is 2.72. The molecule has 1 unspecified atom stereocenters. The fraction of sp³-hybridized carbons (Fsp3) is 0.591. The van der Waals surface area contributed by atoms with Gasteiger partial charge in [-0.3, -0.25) is 4.79 Å². The van der Waals surface area contributed by atoms with Gasteiger partial charge in [0.25, 0.3) is 0 Å². The zero-order valence-corrected chi connectivity index (χ0v) is 17.7. The second-order valence-corrected chi connectivity index (χ2v) is 9.48. The molecule has 158 valence electrons. The van der Waals surface area contributed by atoms with E-state index in [1.807, 2.05) is 6.92 Å². The van der Waals surface area contributed by atoms with Crippen molar-refractivity contribution in [2.75, 3.05) is 19.8 Å². The van der Waals surface area contributed by atoms with Gasteiger partial charge in [0.1, 0.15) is 12.4 Å². The van der Waals surface area contributed by atoms with Gasteiger partial charge in [0, 0.05) is 25.5 Å². The lowest BCUT2D eigenvalue weighted by atomic mass is 9.94. The lowest BCUT2D eigenvalue weighted by Gasteiger charge is -2.31. The number of carbonyl (C=O) groups is 1. The third-order valence-corrected chi connectivity index (χ3v) is 7.30. The van der Waals surface area contributed by atoms with E-state index in [-0.39, 0.29) is 36.2 Å². The molecule has 7 heteroatoms. The van der Waals surface area contributed by atoms with Crippen LogP contribution >= 0.6 is 0 Å². The summed E-state index contributed by atoms with van der Waals surface area (Å²) in [6, 6.07) is 6.62. The number of Topliss-reactive ketones (excluding diaryl/α,β-unsaturated/α-hetero) is 1. The molecular formula is C22H29NO5S. The minimum absolute atomic E-state index is 0.0873. The number of benzene rings is 1. The Hall–Kier alpha value is -1.72. The van der Waals surface area contributed by atoms with E-state index in [0.717, 1.165) is 24.8 Å². The monoisotopic (exact) mass is 419 g/mol. The number of carbonyl (C=O) groups excluding carboxylic acids is 1. The van der Waals surface area contributed by atoms with E-state index in [1.165, 1.54) is 4.31 Å². The molecule has 1 saturated heterocycles. The van der Waals surface area contributed by atoms with Crippen molar-refractivity contribution in [3.05, 3.63) is 29.8 Å². The second-order valence-electron chi connectivity index (χ2n) is 7.59. The van der Waals surface area contributed by atoms with Crippen molar-refractivity contribution in [3.8, 4) is 11.8 Å². The standard InChI is InChI=1S/C22H29NO5S/c1-18-7-13-21(14-8-18)29(25,26)23(19-9-11-20(24)12-10-19)15-3-5-17-28-22-6-2-4-16-27-22/h7-8,13-14,19,22H,2,4,6,9-12,15-17H2,1H3. The smallest absolute Gasteiger partial charge is 0.244 e. The van der Waals surface area contributed by atoms with Crippen LogP contribution in [0.5, 0.6) is 0 Å². The molecule has 1 aromatic rings. The van der Waals surface area contributed by atoms with Gasteiger partial charge in [-0.25, -0.2) is 8.42 Å². The van der Waals surface area contributed by atoms with Crippen LogP contribution in [0.3, 0.4) is 0 Å². The first-order chi connectivity index (χ1) is 14.0. The number of aryl methyl sites for hydroxylation is 1. The first-order valence-corrected chi connectivity index (χ1v) is 11.7. The van der Waals surface area contributed by atoms with Crippen molar-refractivity contribution in [2.24, 2.45) is 0 Å². The molecule has 0 N–H and O–H groups in total. The van der Waals surface area contributed by atoms with Crippen LogP contribution in [0.25, 0.3) is 0 Å². The molecule has 3 rings (SSSR count). The Labute approximate surface area is 173 Å². The molecule has 29 heavy (non-hydrogen) atoms. The molecule has 2 fully saturated rings. The normalized spacial score (nSPS) is 21.0. The fourth-order valence-corrected chi connectivity index (χ4v) is 5.22. The highest BCUT2D eigenvalue weighted by Crippen LogP contribution is 2.26. The third-order valence-electron chi connectivity index (χ3n) is 5.39. The van der Waals surface area contributed by atoms with Crippen molar-refractivity contribution in [3.63, 3.8) is 0 Å². The molecule has 0 spiro atoms. The van der Waals surface area contributed by atoms with Crippen molar-refractivity contribution in [2.45, 2.75) is 69.1 Å². The molecule has 0 aromatic heterocycles. The van der Waals surface area contributed by atoms with E-state index < -0.39 is 10.0 Å². The SMILES string of the molecule is Cc1ccc(S(=O)(=O)N(CC#CCOC2CCCCO2)C2CCC(=O)CC2)cc1. The number of hydrogen-bond acceptors (Lipinski definition) is 5. The molecule has 0 bridgehead atoms. The number of ether oxygens (including phenoxy) is 2. The van der Waals surface area contributed by atoms with E-state index >= 15 is 0 Å². The lowest BCUT2D eigenvalue weighted by molar-refractivity contribution is -0.154. The van der Waals surface area contributed by atoms with Gasteiger partial charge >= 0.3 is 0 Å². The Balaban J connectivity index is 1.69. The lowest BCUT2D eigenvalue weighted by Crippen LogP contribution is -2.42.